The van der Waals surface area contributed by atoms with E-state index in [0.29, 0.717) is 0 Å². The van der Waals surface area contributed by atoms with Crippen molar-refractivity contribution >= 4 is 11.6 Å². The van der Waals surface area contributed by atoms with E-state index in [-0.39, 0.29) is 27.8 Å². The Bertz CT molecular complexity index is 1570. The minimum atomic E-state index is -4.93. The van der Waals surface area contributed by atoms with Crippen LogP contribution in [0.2, 0.25) is 5.02 Å². The second-order valence-corrected chi connectivity index (χ2v) is 9.60. The number of hydrogen-bond acceptors (Lipinski definition) is 8. The van der Waals surface area contributed by atoms with Crippen LogP contribution in [-0.4, -0.2) is 69.8 Å². The van der Waals surface area contributed by atoms with E-state index in [4.69, 9.17) is 16.3 Å². The van der Waals surface area contributed by atoms with Crippen molar-refractivity contribution < 1.29 is 46.4 Å². The van der Waals surface area contributed by atoms with Gasteiger partial charge in [0.15, 0.2) is 29.0 Å². The largest absolute Gasteiger partial charge is 0.435 e. The highest BCUT2D eigenvalue weighted by Gasteiger charge is 2.49. The molecule has 41 heavy (non-hydrogen) atoms. The first-order valence-corrected chi connectivity index (χ1v) is 12.2. The van der Waals surface area contributed by atoms with E-state index in [1.165, 1.54) is 13.1 Å². The van der Waals surface area contributed by atoms with E-state index in [2.05, 4.69) is 20.2 Å². The standard InChI is InChI=1S/C24H19ClF6N6O4/c1-9-34-23(37(35-9)15-4-12(25)6-32-22(15)24(29,30)31)21-20(40)18(19(39)16(8-38)41-21)36-7-11(5-33-36)10-2-13(26)17(28)14(27)3-10/h2-7,16,18-21,38-40H,8H2,1H3/t16-,18+,19+,20-,21-/m1/s1. The summed E-state index contributed by atoms with van der Waals surface area (Å²) in [6.45, 7) is 0.583. The molecule has 0 radical (unpaired) electrons. The molecule has 0 amide bonds. The normalized spacial score (nSPS) is 23.2. The van der Waals surface area contributed by atoms with Crippen molar-refractivity contribution in [1.82, 2.24) is 29.5 Å². The third kappa shape index (κ3) is 5.28. The Morgan fingerprint density at radius 3 is 2.34 bits per heavy atom. The Labute approximate surface area is 231 Å². The highest BCUT2D eigenvalue weighted by atomic mass is 35.5. The van der Waals surface area contributed by atoms with Crippen LogP contribution in [0.4, 0.5) is 26.3 Å². The van der Waals surface area contributed by atoms with Crippen molar-refractivity contribution in [1.29, 1.82) is 0 Å². The third-order valence-electron chi connectivity index (χ3n) is 6.44. The molecule has 218 valence electrons. The monoisotopic (exact) mass is 604 g/mol. The number of nitrogens with zero attached hydrogens (tertiary/aromatic N) is 6. The molecule has 17 heteroatoms. The summed E-state index contributed by atoms with van der Waals surface area (Å²) in [5.41, 5.74) is -2.02. The summed E-state index contributed by atoms with van der Waals surface area (Å²) in [5.74, 6) is -4.94. The number of aliphatic hydroxyl groups excluding tert-OH is 3. The Morgan fingerprint density at radius 2 is 1.71 bits per heavy atom. The molecule has 1 saturated heterocycles. The predicted octanol–water partition coefficient (Wildman–Crippen LogP) is 3.32. The van der Waals surface area contributed by atoms with Gasteiger partial charge in [-0.15, -0.1) is 0 Å². The molecule has 10 nitrogen and oxygen atoms in total. The Kier molecular flexibility index (Phi) is 7.54. The first-order valence-electron chi connectivity index (χ1n) is 11.8. The molecule has 1 aliphatic rings. The lowest BCUT2D eigenvalue weighted by molar-refractivity contribution is -0.210. The van der Waals surface area contributed by atoms with Crippen LogP contribution in [0.5, 0.6) is 0 Å². The molecule has 0 aliphatic carbocycles. The SMILES string of the molecule is Cc1nc([C@@H]2O[C@H](CO)[C@H](O)[C@H](n3cc(-c4cc(F)c(F)c(F)c4)cn3)[C@H]2O)n(-c2cc(Cl)cnc2C(F)(F)F)n1. The van der Waals surface area contributed by atoms with Crippen molar-refractivity contribution in [3.05, 3.63) is 76.6 Å². The van der Waals surface area contributed by atoms with Crippen LogP contribution in [0.3, 0.4) is 0 Å². The highest BCUT2D eigenvalue weighted by molar-refractivity contribution is 6.30. The molecular weight excluding hydrogens is 586 g/mol. The number of pyridine rings is 1. The molecule has 0 unspecified atom stereocenters. The quantitative estimate of drug-likeness (QED) is 0.234. The van der Waals surface area contributed by atoms with Gasteiger partial charge in [-0.1, -0.05) is 11.6 Å². The molecule has 3 N–H and O–H groups in total. The van der Waals surface area contributed by atoms with Crippen molar-refractivity contribution in [3.8, 4) is 16.8 Å². The molecule has 4 aromatic rings. The number of halogens is 7. The van der Waals surface area contributed by atoms with Gasteiger partial charge in [-0.25, -0.2) is 27.8 Å². The number of benzene rings is 1. The molecule has 4 heterocycles. The van der Waals surface area contributed by atoms with Crippen LogP contribution in [0.25, 0.3) is 16.8 Å². The fourth-order valence-corrected chi connectivity index (χ4v) is 4.75. The van der Waals surface area contributed by atoms with Gasteiger partial charge in [0.1, 0.15) is 36.3 Å². The van der Waals surface area contributed by atoms with Crippen LogP contribution in [-0.2, 0) is 10.9 Å². The maximum atomic E-state index is 13.8. The molecule has 3 aromatic heterocycles. The second-order valence-electron chi connectivity index (χ2n) is 9.16. The van der Waals surface area contributed by atoms with Crippen LogP contribution in [0.15, 0.2) is 36.8 Å². The maximum absolute atomic E-state index is 13.8. The van der Waals surface area contributed by atoms with E-state index < -0.39 is 72.1 Å². The summed E-state index contributed by atoms with van der Waals surface area (Å²) in [7, 11) is 0. The van der Waals surface area contributed by atoms with E-state index in [0.717, 1.165) is 40.0 Å². The molecule has 1 aromatic carbocycles. The van der Waals surface area contributed by atoms with Crippen LogP contribution < -0.4 is 0 Å². The smallest absolute Gasteiger partial charge is 0.394 e. The zero-order chi connectivity index (χ0) is 29.8. The number of hydrogen-bond donors (Lipinski definition) is 3. The van der Waals surface area contributed by atoms with Crippen molar-refractivity contribution in [2.75, 3.05) is 6.61 Å². The first-order chi connectivity index (χ1) is 19.3. The number of rotatable bonds is 5. The summed E-state index contributed by atoms with van der Waals surface area (Å²) in [6.07, 6.45) is -8.20. The Hall–Kier alpha value is -3.57. The molecule has 0 saturated carbocycles. The number of aromatic nitrogens is 6. The van der Waals surface area contributed by atoms with Crippen molar-refractivity contribution in [2.24, 2.45) is 0 Å². The lowest BCUT2D eigenvalue weighted by Crippen LogP contribution is -2.53. The van der Waals surface area contributed by atoms with Gasteiger partial charge in [-0.05, 0) is 30.7 Å². The highest BCUT2D eigenvalue weighted by Crippen LogP contribution is 2.40. The maximum Gasteiger partial charge on any atom is 0.435 e. The van der Waals surface area contributed by atoms with Crippen molar-refractivity contribution in [2.45, 2.75) is 43.6 Å². The Morgan fingerprint density at radius 1 is 1.02 bits per heavy atom. The summed E-state index contributed by atoms with van der Waals surface area (Å²) in [4.78, 5) is 7.51. The topological polar surface area (TPSA) is 131 Å². The third-order valence-corrected chi connectivity index (χ3v) is 6.65. The number of aliphatic hydroxyl groups is 3. The number of aryl methyl sites for hydroxylation is 1. The average Bonchev–Trinajstić information content (AvgIpc) is 3.53. The molecule has 1 fully saturated rings. The molecule has 0 bridgehead atoms. The molecular formula is C24H19ClF6N6O4. The summed E-state index contributed by atoms with van der Waals surface area (Å²) >= 11 is 5.92. The van der Waals surface area contributed by atoms with E-state index in [1.54, 1.807) is 0 Å². The van der Waals surface area contributed by atoms with E-state index in [1.807, 2.05) is 0 Å². The van der Waals surface area contributed by atoms with Gasteiger partial charge >= 0.3 is 6.18 Å². The minimum absolute atomic E-state index is 0.0196. The van der Waals surface area contributed by atoms with Crippen LogP contribution in [0, 0.1) is 24.4 Å². The average molecular weight is 605 g/mol. The summed E-state index contributed by atoms with van der Waals surface area (Å²) < 4.78 is 89.8. The second kappa shape index (κ2) is 10.7. The summed E-state index contributed by atoms with van der Waals surface area (Å²) in [6, 6.07) is 0.970. The minimum Gasteiger partial charge on any atom is -0.394 e. The molecule has 5 atom stereocenters. The van der Waals surface area contributed by atoms with Gasteiger partial charge in [0.25, 0.3) is 0 Å². The van der Waals surface area contributed by atoms with E-state index in [9.17, 15) is 41.7 Å². The number of ether oxygens (including phenoxy) is 1. The molecule has 1 aliphatic heterocycles. The van der Waals surface area contributed by atoms with Crippen LogP contribution in [0.1, 0.15) is 29.5 Å². The Balaban J connectivity index is 1.58. The number of alkyl halides is 3. The first kappa shape index (κ1) is 28.9. The van der Waals surface area contributed by atoms with Gasteiger partial charge < -0.3 is 20.1 Å². The molecule has 0 spiro atoms. The zero-order valence-electron chi connectivity index (χ0n) is 20.6. The molecule has 5 rings (SSSR count). The zero-order valence-corrected chi connectivity index (χ0v) is 21.4. The predicted molar refractivity (Wildman–Crippen MR) is 127 cm³/mol. The van der Waals surface area contributed by atoms with Gasteiger partial charge in [-0.3, -0.25) is 4.68 Å². The van der Waals surface area contributed by atoms with Gasteiger partial charge in [0.2, 0.25) is 0 Å². The van der Waals surface area contributed by atoms with Gasteiger partial charge in [-0.2, -0.15) is 23.4 Å². The van der Waals surface area contributed by atoms with E-state index >= 15 is 0 Å². The van der Waals surface area contributed by atoms with Crippen LogP contribution >= 0.6 is 11.6 Å². The fraction of sp³-hybridized carbons (Fsp3) is 0.333. The lowest BCUT2D eigenvalue weighted by atomic mass is 9.92. The fourth-order valence-electron chi connectivity index (χ4n) is 4.60. The summed E-state index contributed by atoms with van der Waals surface area (Å²) in [5, 5.41) is 40.0. The lowest BCUT2D eigenvalue weighted by Gasteiger charge is -2.41. The van der Waals surface area contributed by atoms with Gasteiger partial charge in [0, 0.05) is 18.0 Å². The van der Waals surface area contributed by atoms with Gasteiger partial charge in [0.05, 0.1) is 23.5 Å². The van der Waals surface area contributed by atoms with Crippen molar-refractivity contribution in [3.63, 3.8) is 0 Å².